The molecule has 0 spiro atoms. The number of hydrogen-bond donors (Lipinski definition) is 2. The van der Waals surface area contributed by atoms with E-state index in [0.717, 1.165) is 0 Å². The van der Waals surface area contributed by atoms with Gasteiger partial charge in [0.2, 0.25) is 5.91 Å². The van der Waals surface area contributed by atoms with Gasteiger partial charge < -0.3 is 10.4 Å². The number of ketones is 1. The number of amides is 1. The summed E-state index contributed by atoms with van der Waals surface area (Å²) in [6.45, 7) is 2.97. The van der Waals surface area contributed by atoms with Gasteiger partial charge in [0.05, 0.1) is 5.69 Å². The van der Waals surface area contributed by atoms with E-state index in [9.17, 15) is 14.4 Å². The van der Waals surface area contributed by atoms with Gasteiger partial charge in [0.15, 0.2) is 5.78 Å². The van der Waals surface area contributed by atoms with Gasteiger partial charge in [-0.15, -0.1) is 0 Å². The van der Waals surface area contributed by atoms with E-state index in [2.05, 4.69) is 5.32 Å². The monoisotopic (exact) mass is 249 g/mol. The van der Waals surface area contributed by atoms with Gasteiger partial charge in [-0.3, -0.25) is 14.4 Å². The molecule has 0 saturated carbocycles. The van der Waals surface area contributed by atoms with Crippen LogP contribution >= 0.6 is 0 Å². The van der Waals surface area contributed by atoms with Gasteiger partial charge in [0, 0.05) is 12.5 Å². The molecule has 2 N–H and O–H groups in total. The maximum atomic E-state index is 12.1. The summed E-state index contributed by atoms with van der Waals surface area (Å²) in [4.78, 5) is 34.1. The van der Waals surface area contributed by atoms with Crippen molar-refractivity contribution >= 4 is 23.3 Å². The quantitative estimate of drug-likeness (QED) is 0.617. The maximum Gasteiger partial charge on any atom is 0.314 e. The summed E-state index contributed by atoms with van der Waals surface area (Å²) in [5.74, 6) is -3.03. The van der Waals surface area contributed by atoms with Crippen molar-refractivity contribution in [3.05, 3.63) is 29.8 Å². The molecule has 0 heterocycles. The van der Waals surface area contributed by atoms with E-state index >= 15 is 0 Å². The second-order valence-electron chi connectivity index (χ2n) is 3.89. The van der Waals surface area contributed by atoms with Crippen LogP contribution in [-0.2, 0) is 9.59 Å². The van der Waals surface area contributed by atoms with Gasteiger partial charge in [-0.1, -0.05) is 19.1 Å². The summed E-state index contributed by atoms with van der Waals surface area (Å²) in [7, 11) is 0. The summed E-state index contributed by atoms with van der Waals surface area (Å²) >= 11 is 0. The lowest BCUT2D eigenvalue weighted by Crippen LogP contribution is -2.24. The Labute approximate surface area is 105 Å². The zero-order chi connectivity index (χ0) is 13.7. The number of para-hydroxylation sites is 1. The summed E-state index contributed by atoms with van der Waals surface area (Å²) in [5.41, 5.74) is 0.566. The lowest BCUT2D eigenvalue weighted by molar-refractivity contribution is -0.140. The molecular weight excluding hydrogens is 234 g/mol. The van der Waals surface area contributed by atoms with Crippen molar-refractivity contribution in [3.8, 4) is 0 Å². The molecule has 1 unspecified atom stereocenters. The largest absolute Gasteiger partial charge is 0.481 e. The van der Waals surface area contributed by atoms with E-state index in [-0.39, 0.29) is 17.9 Å². The highest BCUT2D eigenvalue weighted by Crippen LogP contribution is 2.20. The van der Waals surface area contributed by atoms with Crippen LogP contribution in [0.25, 0.3) is 0 Å². The molecule has 0 aliphatic carbocycles. The first-order valence-corrected chi connectivity index (χ1v) is 5.61. The van der Waals surface area contributed by atoms with Crippen molar-refractivity contribution in [3.63, 3.8) is 0 Å². The highest BCUT2D eigenvalue weighted by atomic mass is 16.4. The van der Waals surface area contributed by atoms with E-state index in [4.69, 9.17) is 5.11 Å². The van der Waals surface area contributed by atoms with E-state index < -0.39 is 17.7 Å². The predicted molar refractivity (Wildman–Crippen MR) is 66.5 cm³/mol. The van der Waals surface area contributed by atoms with Gasteiger partial charge in [-0.05, 0) is 18.6 Å². The molecule has 5 nitrogen and oxygen atoms in total. The SMILES string of the molecule is CCC(C(=O)O)C(=O)c1ccccc1NC(C)=O. The molecule has 1 aromatic carbocycles. The van der Waals surface area contributed by atoms with Crippen LogP contribution < -0.4 is 5.32 Å². The van der Waals surface area contributed by atoms with Gasteiger partial charge in [-0.25, -0.2) is 0 Å². The van der Waals surface area contributed by atoms with Gasteiger partial charge in [0.1, 0.15) is 5.92 Å². The topological polar surface area (TPSA) is 83.5 Å². The average Bonchev–Trinajstić information content (AvgIpc) is 2.29. The highest BCUT2D eigenvalue weighted by molar-refractivity contribution is 6.12. The number of rotatable bonds is 5. The number of benzene rings is 1. The third-order valence-electron chi connectivity index (χ3n) is 2.53. The van der Waals surface area contributed by atoms with Gasteiger partial charge in [0.25, 0.3) is 0 Å². The molecule has 0 saturated heterocycles. The first-order valence-electron chi connectivity index (χ1n) is 5.61. The molecule has 0 radical (unpaired) electrons. The number of anilines is 1. The molecule has 18 heavy (non-hydrogen) atoms. The number of nitrogens with one attached hydrogen (secondary N) is 1. The third kappa shape index (κ3) is 3.16. The minimum atomic E-state index is -1.15. The number of hydrogen-bond acceptors (Lipinski definition) is 3. The van der Waals surface area contributed by atoms with Gasteiger partial charge >= 0.3 is 5.97 Å². The Kier molecular flexibility index (Phi) is 4.59. The first kappa shape index (κ1) is 13.9. The zero-order valence-electron chi connectivity index (χ0n) is 10.3. The smallest absolute Gasteiger partial charge is 0.314 e. The molecule has 1 aromatic rings. The Morgan fingerprint density at radius 3 is 2.39 bits per heavy atom. The zero-order valence-corrected chi connectivity index (χ0v) is 10.3. The van der Waals surface area contributed by atoms with Crippen molar-refractivity contribution in [2.24, 2.45) is 5.92 Å². The van der Waals surface area contributed by atoms with Crippen LogP contribution in [0.5, 0.6) is 0 Å². The fourth-order valence-electron chi connectivity index (χ4n) is 1.66. The summed E-state index contributed by atoms with van der Waals surface area (Å²) in [6, 6.07) is 6.39. The summed E-state index contributed by atoms with van der Waals surface area (Å²) in [5, 5.41) is 11.5. The number of carboxylic acids is 1. The molecule has 0 fully saturated rings. The predicted octanol–water partition coefficient (Wildman–Crippen LogP) is 1.94. The molecule has 0 bridgehead atoms. The lowest BCUT2D eigenvalue weighted by atomic mass is 9.94. The van der Waals surface area contributed by atoms with Crippen LogP contribution in [0, 0.1) is 5.92 Å². The van der Waals surface area contributed by atoms with Crippen molar-refractivity contribution in [1.29, 1.82) is 0 Å². The molecule has 1 rings (SSSR count). The van der Waals surface area contributed by atoms with Crippen molar-refractivity contribution in [2.45, 2.75) is 20.3 Å². The van der Waals surface area contributed by atoms with Gasteiger partial charge in [-0.2, -0.15) is 0 Å². The van der Waals surface area contributed by atoms with Crippen LogP contribution in [0.3, 0.4) is 0 Å². The fraction of sp³-hybridized carbons (Fsp3) is 0.308. The van der Waals surface area contributed by atoms with E-state index in [0.29, 0.717) is 5.69 Å². The Hall–Kier alpha value is -2.17. The normalized spacial score (nSPS) is 11.7. The molecule has 0 aliphatic heterocycles. The van der Waals surface area contributed by atoms with E-state index in [1.54, 1.807) is 25.1 Å². The third-order valence-corrected chi connectivity index (χ3v) is 2.53. The minimum absolute atomic E-state index is 0.211. The maximum absolute atomic E-state index is 12.1. The molecule has 5 heteroatoms. The van der Waals surface area contributed by atoms with Crippen molar-refractivity contribution in [2.75, 3.05) is 5.32 Å². The second kappa shape index (κ2) is 5.95. The second-order valence-corrected chi connectivity index (χ2v) is 3.89. The van der Waals surface area contributed by atoms with E-state index in [1.165, 1.54) is 13.0 Å². The molecule has 0 aromatic heterocycles. The van der Waals surface area contributed by atoms with Crippen LogP contribution in [0.1, 0.15) is 30.6 Å². The number of carbonyl (C=O) groups is 3. The Balaban J connectivity index is 3.12. The van der Waals surface area contributed by atoms with Crippen molar-refractivity contribution < 1.29 is 19.5 Å². The number of Topliss-reactive ketones (excluding diaryl/α,β-unsaturated/α-hetero) is 1. The summed E-state index contributed by atoms with van der Waals surface area (Å²) < 4.78 is 0. The Morgan fingerprint density at radius 1 is 1.28 bits per heavy atom. The number of aliphatic carboxylic acids is 1. The Bertz CT molecular complexity index is 482. The van der Waals surface area contributed by atoms with Crippen LogP contribution in [0.2, 0.25) is 0 Å². The van der Waals surface area contributed by atoms with E-state index in [1.807, 2.05) is 0 Å². The lowest BCUT2D eigenvalue weighted by Gasteiger charge is -2.12. The number of carbonyl (C=O) groups excluding carboxylic acids is 2. The van der Waals surface area contributed by atoms with Crippen molar-refractivity contribution in [1.82, 2.24) is 0 Å². The van der Waals surface area contributed by atoms with Crippen LogP contribution in [0.15, 0.2) is 24.3 Å². The highest BCUT2D eigenvalue weighted by Gasteiger charge is 2.27. The average molecular weight is 249 g/mol. The Morgan fingerprint density at radius 2 is 1.89 bits per heavy atom. The molecule has 1 atom stereocenters. The van der Waals surface area contributed by atoms with Crippen LogP contribution in [-0.4, -0.2) is 22.8 Å². The first-order chi connectivity index (χ1) is 8.47. The molecule has 0 aliphatic rings. The standard InChI is InChI=1S/C13H15NO4/c1-3-9(13(17)18)12(16)10-6-4-5-7-11(10)14-8(2)15/h4-7,9H,3H2,1-2H3,(H,14,15)(H,17,18). The summed E-state index contributed by atoms with van der Waals surface area (Å²) in [6.07, 6.45) is 0.211. The molecular formula is C13H15NO4. The van der Waals surface area contributed by atoms with Crippen LogP contribution in [0.4, 0.5) is 5.69 Å². The fourth-order valence-corrected chi connectivity index (χ4v) is 1.66. The molecule has 1 amide bonds. The minimum Gasteiger partial charge on any atom is -0.481 e. The molecule has 96 valence electrons. The number of carboxylic acid groups (broad SMARTS) is 1.